The van der Waals surface area contributed by atoms with E-state index in [2.05, 4.69) is 21.2 Å². The summed E-state index contributed by atoms with van der Waals surface area (Å²) in [5, 5.41) is 12.1. The van der Waals surface area contributed by atoms with Gasteiger partial charge in [-0.1, -0.05) is 18.5 Å². The molecule has 2 N–H and O–H groups in total. The standard InChI is InChI=1S/C13H16BrClN2O3/c1-7-4-9(14)11(5-10(7)15)16-13(20)17(3)6-8(2)12(18)19/h4-5,8H,6H2,1-3H3,(H,16,20)(H,18,19). The highest BCUT2D eigenvalue weighted by Crippen LogP contribution is 2.29. The van der Waals surface area contributed by atoms with Crippen LogP contribution < -0.4 is 5.32 Å². The molecule has 0 aliphatic rings. The number of benzene rings is 1. The highest BCUT2D eigenvalue weighted by atomic mass is 79.9. The van der Waals surface area contributed by atoms with Gasteiger partial charge in [0.15, 0.2) is 0 Å². The number of nitrogens with one attached hydrogen (secondary N) is 1. The average molecular weight is 364 g/mol. The second-order valence-electron chi connectivity index (χ2n) is 4.63. The van der Waals surface area contributed by atoms with E-state index in [0.29, 0.717) is 15.2 Å². The van der Waals surface area contributed by atoms with Crippen LogP contribution in [0, 0.1) is 12.8 Å². The maximum absolute atomic E-state index is 12.0. The van der Waals surface area contributed by atoms with Crippen molar-refractivity contribution >= 4 is 45.2 Å². The number of rotatable bonds is 4. The van der Waals surface area contributed by atoms with Gasteiger partial charge in [-0.15, -0.1) is 0 Å². The predicted molar refractivity (Wildman–Crippen MR) is 82.3 cm³/mol. The summed E-state index contributed by atoms with van der Waals surface area (Å²) in [6.45, 7) is 3.53. The van der Waals surface area contributed by atoms with E-state index in [-0.39, 0.29) is 6.54 Å². The van der Waals surface area contributed by atoms with Crippen molar-refractivity contribution in [3.8, 4) is 0 Å². The highest BCUT2D eigenvalue weighted by Gasteiger charge is 2.18. The summed E-state index contributed by atoms with van der Waals surface area (Å²) in [6.07, 6.45) is 0. The Morgan fingerprint density at radius 1 is 1.50 bits per heavy atom. The molecule has 2 amide bonds. The Balaban J connectivity index is 2.76. The van der Waals surface area contributed by atoms with Crippen molar-refractivity contribution in [1.29, 1.82) is 0 Å². The number of aryl methyl sites for hydroxylation is 1. The van der Waals surface area contributed by atoms with E-state index in [1.165, 1.54) is 4.90 Å². The molecule has 20 heavy (non-hydrogen) atoms. The second-order valence-corrected chi connectivity index (χ2v) is 5.89. The second kappa shape index (κ2) is 6.95. The third-order valence-corrected chi connectivity index (χ3v) is 3.87. The van der Waals surface area contributed by atoms with Gasteiger partial charge >= 0.3 is 12.0 Å². The maximum Gasteiger partial charge on any atom is 0.321 e. The number of carboxylic acids is 1. The predicted octanol–water partition coefficient (Wildman–Crippen LogP) is 3.60. The Morgan fingerprint density at radius 2 is 2.10 bits per heavy atom. The van der Waals surface area contributed by atoms with Crippen molar-refractivity contribution in [3.63, 3.8) is 0 Å². The van der Waals surface area contributed by atoms with Gasteiger partial charge in [-0.25, -0.2) is 4.79 Å². The Morgan fingerprint density at radius 3 is 2.65 bits per heavy atom. The van der Waals surface area contributed by atoms with Crippen LogP contribution in [-0.2, 0) is 4.79 Å². The molecule has 0 aliphatic heterocycles. The summed E-state index contributed by atoms with van der Waals surface area (Å²) in [5.74, 6) is -1.57. The minimum Gasteiger partial charge on any atom is -0.481 e. The van der Waals surface area contributed by atoms with Crippen LogP contribution in [0.1, 0.15) is 12.5 Å². The zero-order chi connectivity index (χ0) is 15.4. The molecule has 0 radical (unpaired) electrons. The Kier molecular flexibility index (Phi) is 5.83. The first-order valence-corrected chi connectivity index (χ1v) is 7.10. The van der Waals surface area contributed by atoms with Crippen LogP contribution in [0.4, 0.5) is 10.5 Å². The largest absolute Gasteiger partial charge is 0.481 e. The molecule has 0 aromatic heterocycles. The summed E-state index contributed by atoms with van der Waals surface area (Å²) in [4.78, 5) is 24.1. The molecule has 0 bridgehead atoms. The van der Waals surface area contributed by atoms with Crippen molar-refractivity contribution in [2.24, 2.45) is 5.92 Å². The average Bonchev–Trinajstić information content (AvgIpc) is 2.35. The summed E-state index contributed by atoms with van der Waals surface area (Å²) < 4.78 is 0.715. The van der Waals surface area contributed by atoms with Gasteiger partial charge in [0.25, 0.3) is 0 Å². The lowest BCUT2D eigenvalue weighted by atomic mass is 10.2. The van der Waals surface area contributed by atoms with Crippen molar-refractivity contribution < 1.29 is 14.7 Å². The molecule has 5 nitrogen and oxygen atoms in total. The zero-order valence-corrected chi connectivity index (χ0v) is 13.7. The fraction of sp³-hybridized carbons (Fsp3) is 0.385. The number of carbonyl (C=O) groups excluding carboxylic acids is 1. The topological polar surface area (TPSA) is 69.6 Å². The highest BCUT2D eigenvalue weighted by molar-refractivity contribution is 9.10. The molecule has 1 aromatic rings. The van der Waals surface area contributed by atoms with Crippen molar-refractivity contribution in [2.75, 3.05) is 18.9 Å². The lowest BCUT2D eigenvalue weighted by Crippen LogP contribution is -2.36. The fourth-order valence-corrected chi connectivity index (χ4v) is 2.25. The molecule has 1 aromatic carbocycles. The molecule has 0 saturated heterocycles. The number of aliphatic carboxylic acids is 1. The molecule has 7 heteroatoms. The molecular formula is C13H16BrClN2O3. The lowest BCUT2D eigenvalue weighted by Gasteiger charge is -2.20. The smallest absolute Gasteiger partial charge is 0.321 e. The number of halogens is 2. The molecule has 110 valence electrons. The first kappa shape index (κ1) is 16.8. The van der Waals surface area contributed by atoms with Crippen LogP contribution >= 0.6 is 27.5 Å². The number of nitrogens with zero attached hydrogens (tertiary/aromatic N) is 1. The van der Waals surface area contributed by atoms with Gasteiger partial charge in [0.1, 0.15) is 0 Å². The molecule has 0 fully saturated rings. The van der Waals surface area contributed by atoms with Crippen molar-refractivity contribution in [1.82, 2.24) is 4.90 Å². The zero-order valence-electron chi connectivity index (χ0n) is 11.4. The van der Waals surface area contributed by atoms with Crippen molar-refractivity contribution in [2.45, 2.75) is 13.8 Å². The fourth-order valence-electron chi connectivity index (χ4n) is 1.52. The van der Waals surface area contributed by atoms with Crippen LogP contribution in [0.15, 0.2) is 16.6 Å². The number of urea groups is 1. The van der Waals surface area contributed by atoms with Gasteiger partial charge in [0.05, 0.1) is 11.6 Å². The van der Waals surface area contributed by atoms with Gasteiger partial charge in [-0.05, 0) is 40.5 Å². The van der Waals surface area contributed by atoms with Gasteiger partial charge < -0.3 is 15.3 Å². The Hall–Kier alpha value is -1.27. The van der Waals surface area contributed by atoms with Crippen molar-refractivity contribution in [3.05, 3.63) is 27.2 Å². The van der Waals surface area contributed by atoms with Gasteiger partial charge in [-0.2, -0.15) is 0 Å². The molecule has 0 saturated carbocycles. The number of carboxylic acid groups (broad SMARTS) is 1. The van der Waals surface area contributed by atoms with Gasteiger partial charge in [0.2, 0.25) is 0 Å². The number of amides is 2. The monoisotopic (exact) mass is 362 g/mol. The first-order chi connectivity index (χ1) is 9.22. The summed E-state index contributed by atoms with van der Waals surface area (Å²) in [7, 11) is 1.54. The quantitative estimate of drug-likeness (QED) is 0.859. The van der Waals surface area contributed by atoms with Crippen LogP contribution in [0.2, 0.25) is 5.02 Å². The number of hydrogen-bond acceptors (Lipinski definition) is 2. The van der Waals surface area contributed by atoms with E-state index < -0.39 is 17.9 Å². The molecule has 0 heterocycles. The third kappa shape index (κ3) is 4.38. The van der Waals surface area contributed by atoms with Crippen LogP contribution in [0.25, 0.3) is 0 Å². The molecule has 1 atom stereocenters. The normalized spacial score (nSPS) is 11.8. The number of carbonyl (C=O) groups is 2. The van der Waals surface area contributed by atoms with E-state index in [1.807, 2.05) is 6.92 Å². The molecule has 1 rings (SSSR count). The van der Waals surface area contributed by atoms with E-state index >= 15 is 0 Å². The Bertz CT molecular complexity index is 537. The molecular weight excluding hydrogens is 348 g/mol. The van der Waals surface area contributed by atoms with Gasteiger partial charge in [-0.3, -0.25) is 4.79 Å². The summed E-state index contributed by atoms with van der Waals surface area (Å²) in [6, 6.07) is 3.06. The number of hydrogen-bond donors (Lipinski definition) is 2. The van der Waals surface area contributed by atoms with Crippen LogP contribution in [0.3, 0.4) is 0 Å². The molecule has 1 unspecified atom stereocenters. The number of anilines is 1. The minimum absolute atomic E-state index is 0.123. The summed E-state index contributed by atoms with van der Waals surface area (Å²) >= 11 is 9.36. The van der Waals surface area contributed by atoms with E-state index in [0.717, 1.165) is 5.56 Å². The molecule has 0 spiro atoms. The minimum atomic E-state index is -0.941. The Labute approximate surface area is 131 Å². The third-order valence-electron chi connectivity index (χ3n) is 2.81. The lowest BCUT2D eigenvalue weighted by molar-refractivity contribution is -0.141. The first-order valence-electron chi connectivity index (χ1n) is 5.93. The van der Waals surface area contributed by atoms with Crippen LogP contribution in [-0.4, -0.2) is 35.6 Å². The van der Waals surface area contributed by atoms with E-state index in [1.54, 1.807) is 26.1 Å². The van der Waals surface area contributed by atoms with Gasteiger partial charge in [0, 0.05) is 23.1 Å². The molecule has 0 aliphatic carbocycles. The van der Waals surface area contributed by atoms with Crippen LogP contribution in [0.5, 0.6) is 0 Å². The van der Waals surface area contributed by atoms with E-state index in [9.17, 15) is 9.59 Å². The maximum atomic E-state index is 12.0. The summed E-state index contributed by atoms with van der Waals surface area (Å²) in [5.41, 5.74) is 1.44. The van der Waals surface area contributed by atoms with E-state index in [4.69, 9.17) is 16.7 Å². The SMILES string of the molecule is Cc1cc(Br)c(NC(=O)N(C)CC(C)C(=O)O)cc1Cl.